The summed E-state index contributed by atoms with van der Waals surface area (Å²) >= 11 is 9.84. The maximum absolute atomic E-state index is 11.8. The van der Waals surface area contributed by atoms with E-state index in [0.29, 0.717) is 10.0 Å². The summed E-state index contributed by atoms with van der Waals surface area (Å²) in [7, 11) is 0. The molecule has 0 bridgehead atoms. The predicted octanol–water partition coefficient (Wildman–Crippen LogP) is 2.66. The van der Waals surface area contributed by atoms with Crippen molar-refractivity contribution in [1.29, 1.82) is 0 Å². The van der Waals surface area contributed by atoms with E-state index in [2.05, 4.69) is 47.8 Å². The number of hydrogen-bond acceptors (Lipinski definition) is 4. The first-order valence-electron chi connectivity index (χ1n) is 4.93. The lowest BCUT2D eigenvalue weighted by molar-refractivity contribution is -0.305. The molecule has 0 atom stereocenters. The van der Waals surface area contributed by atoms with E-state index in [0.717, 1.165) is 8.95 Å². The Balaban J connectivity index is 2.64. The van der Waals surface area contributed by atoms with E-state index >= 15 is 0 Å². The highest BCUT2D eigenvalue weighted by atomic mass is 79.9. The van der Waals surface area contributed by atoms with E-state index in [1.807, 2.05) is 0 Å². The van der Waals surface area contributed by atoms with E-state index < -0.39 is 11.9 Å². The van der Waals surface area contributed by atoms with Crippen LogP contribution in [-0.2, 0) is 9.53 Å². The lowest BCUT2D eigenvalue weighted by Gasteiger charge is -2.08. The van der Waals surface area contributed by atoms with Crippen LogP contribution in [0.15, 0.2) is 25.6 Å². The van der Waals surface area contributed by atoms with Gasteiger partial charge in [0, 0.05) is 19.4 Å². The number of carboxylic acids is 1. The van der Waals surface area contributed by atoms with Gasteiger partial charge in [0.2, 0.25) is 0 Å². The number of benzene rings is 1. The van der Waals surface area contributed by atoms with Crippen LogP contribution in [-0.4, -0.2) is 18.5 Å². The van der Waals surface area contributed by atoms with E-state index in [9.17, 15) is 14.7 Å². The van der Waals surface area contributed by atoms with Gasteiger partial charge in [-0.1, -0.05) is 15.9 Å². The Kier molecular flexibility index (Phi) is 6.31. The quantitative estimate of drug-likeness (QED) is 0.398. The van der Waals surface area contributed by atoms with Gasteiger partial charge in [-0.3, -0.25) is 0 Å². The number of ether oxygens (including phenoxy) is 1. The summed E-state index contributed by atoms with van der Waals surface area (Å²) in [5.74, 6) is -1.67. The Hall–Kier alpha value is -0.400. The third kappa shape index (κ3) is 4.70. The normalized spacial score (nSPS) is 10.2. The molecule has 4 nitrogen and oxygen atoms in total. The molecule has 7 heteroatoms. The van der Waals surface area contributed by atoms with Gasteiger partial charge in [0.1, 0.15) is 0 Å². The molecule has 0 N–H and O–H groups in total. The van der Waals surface area contributed by atoms with Crippen molar-refractivity contribution in [2.75, 3.05) is 6.61 Å². The largest absolute Gasteiger partial charge is 0.550 e. The minimum absolute atomic E-state index is 0.0450. The van der Waals surface area contributed by atoms with Gasteiger partial charge in [0.15, 0.2) is 0 Å². The molecule has 0 spiro atoms. The molecule has 0 radical (unpaired) electrons. The highest BCUT2D eigenvalue weighted by Crippen LogP contribution is 2.31. The number of carbonyl (C=O) groups is 2. The molecule has 0 saturated carbocycles. The van der Waals surface area contributed by atoms with Crippen LogP contribution in [0.1, 0.15) is 23.2 Å². The van der Waals surface area contributed by atoms with Gasteiger partial charge in [0.25, 0.3) is 0 Å². The van der Waals surface area contributed by atoms with Crippen molar-refractivity contribution >= 4 is 59.7 Å². The maximum Gasteiger partial charge on any atom is 0.339 e. The topological polar surface area (TPSA) is 66.4 Å². The molecule has 98 valence electrons. The molecule has 0 aliphatic rings. The average molecular weight is 444 g/mol. The first-order valence-corrected chi connectivity index (χ1v) is 7.31. The van der Waals surface area contributed by atoms with Crippen LogP contribution in [0.3, 0.4) is 0 Å². The van der Waals surface area contributed by atoms with E-state index in [-0.39, 0.29) is 19.4 Å². The first-order chi connectivity index (χ1) is 8.41. The van der Waals surface area contributed by atoms with E-state index in [4.69, 9.17) is 4.74 Å². The lowest BCUT2D eigenvalue weighted by atomic mass is 10.2. The van der Waals surface area contributed by atoms with Gasteiger partial charge in [-0.15, -0.1) is 0 Å². The standard InChI is InChI=1S/C11H9Br3O4/c12-6-4-7(10(14)8(13)5-6)11(17)18-3-1-2-9(15)16/h4-5H,1-3H2,(H,15,16)/p-1. The zero-order valence-electron chi connectivity index (χ0n) is 9.04. The Labute approximate surface area is 129 Å². The van der Waals surface area contributed by atoms with Crippen molar-refractivity contribution < 1.29 is 19.4 Å². The lowest BCUT2D eigenvalue weighted by Crippen LogP contribution is -2.22. The second-order valence-corrected chi connectivity index (χ2v) is 5.92. The third-order valence-corrected chi connectivity index (χ3v) is 4.44. The van der Waals surface area contributed by atoms with Crippen molar-refractivity contribution in [3.8, 4) is 0 Å². The van der Waals surface area contributed by atoms with Gasteiger partial charge in [-0.2, -0.15) is 0 Å². The summed E-state index contributed by atoms with van der Waals surface area (Å²) in [6.45, 7) is 0.0450. The van der Waals surface area contributed by atoms with Crippen LogP contribution in [0.5, 0.6) is 0 Å². The summed E-state index contributed by atoms with van der Waals surface area (Å²) < 4.78 is 7.02. The van der Waals surface area contributed by atoms with Crippen molar-refractivity contribution in [3.63, 3.8) is 0 Å². The van der Waals surface area contributed by atoms with Crippen LogP contribution < -0.4 is 5.11 Å². The maximum atomic E-state index is 11.8. The predicted molar refractivity (Wildman–Crippen MR) is 74.1 cm³/mol. The van der Waals surface area contributed by atoms with E-state index in [1.165, 1.54) is 0 Å². The van der Waals surface area contributed by atoms with Crippen molar-refractivity contribution in [2.24, 2.45) is 0 Å². The highest BCUT2D eigenvalue weighted by Gasteiger charge is 2.14. The van der Waals surface area contributed by atoms with Crippen molar-refractivity contribution in [3.05, 3.63) is 31.1 Å². The Bertz CT molecular complexity index is 474. The molecule has 0 heterocycles. The molecule has 18 heavy (non-hydrogen) atoms. The molecule has 0 aromatic heterocycles. The van der Waals surface area contributed by atoms with Gasteiger partial charge in [0.05, 0.1) is 12.2 Å². The molecule has 1 rings (SSSR count). The molecular formula is C11H8Br3O4-. The minimum Gasteiger partial charge on any atom is -0.550 e. The minimum atomic E-state index is -1.16. The fourth-order valence-electron chi connectivity index (χ4n) is 1.16. The number of halogens is 3. The van der Waals surface area contributed by atoms with Crippen LogP contribution >= 0.6 is 47.8 Å². The molecule has 1 aromatic carbocycles. The Morgan fingerprint density at radius 2 is 1.89 bits per heavy atom. The molecule has 0 aliphatic carbocycles. The van der Waals surface area contributed by atoms with Gasteiger partial charge < -0.3 is 14.6 Å². The van der Waals surface area contributed by atoms with Crippen LogP contribution in [0.2, 0.25) is 0 Å². The van der Waals surface area contributed by atoms with Gasteiger partial charge in [-0.25, -0.2) is 4.79 Å². The van der Waals surface area contributed by atoms with Gasteiger partial charge >= 0.3 is 5.97 Å². The zero-order chi connectivity index (χ0) is 13.7. The molecule has 1 aromatic rings. The summed E-state index contributed by atoms with van der Waals surface area (Å²) in [4.78, 5) is 21.9. The smallest absolute Gasteiger partial charge is 0.339 e. The number of carbonyl (C=O) groups excluding carboxylic acids is 2. The Morgan fingerprint density at radius 1 is 1.22 bits per heavy atom. The second-order valence-electron chi connectivity index (χ2n) is 3.36. The van der Waals surface area contributed by atoms with Crippen molar-refractivity contribution in [1.82, 2.24) is 0 Å². The van der Waals surface area contributed by atoms with Crippen LogP contribution in [0.25, 0.3) is 0 Å². The monoisotopic (exact) mass is 441 g/mol. The fraction of sp³-hybridized carbons (Fsp3) is 0.273. The molecule has 0 saturated heterocycles. The van der Waals surface area contributed by atoms with Crippen LogP contribution in [0, 0.1) is 0 Å². The SMILES string of the molecule is O=C([O-])CCCOC(=O)c1cc(Br)cc(Br)c1Br. The summed E-state index contributed by atoms with van der Waals surface area (Å²) in [6.07, 6.45) is 0.109. The molecule has 0 aliphatic heterocycles. The molecule has 0 fully saturated rings. The molecule has 0 amide bonds. The molecular weight excluding hydrogens is 436 g/mol. The summed E-state index contributed by atoms with van der Waals surface area (Å²) in [5, 5.41) is 10.2. The number of aliphatic carboxylic acids is 1. The number of carboxylic acid groups (broad SMARTS) is 1. The van der Waals surface area contributed by atoms with Crippen molar-refractivity contribution in [2.45, 2.75) is 12.8 Å². The number of rotatable bonds is 5. The second kappa shape index (κ2) is 7.25. The molecule has 0 unspecified atom stereocenters. The fourth-order valence-corrected chi connectivity index (χ4v) is 2.78. The average Bonchev–Trinajstić information content (AvgIpc) is 2.28. The number of hydrogen-bond donors (Lipinski definition) is 0. The summed E-state index contributed by atoms with van der Waals surface area (Å²) in [5.41, 5.74) is 0.365. The first kappa shape index (κ1) is 15.7. The summed E-state index contributed by atoms with van der Waals surface area (Å²) in [6, 6.07) is 3.41. The Morgan fingerprint density at radius 3 is 2.50 bits per heavy atom. The highest BCUT2D eigenvalue weighted by molar-refractivity contribution is 9.13. The van der Waals surface area contributed by atoms with Crippen LogP contribution in [0.4, 0.5) is 0 Å². The third-order valence-electron chi connectivity index (χ3n) is 1.97. The van der Waals surface area contributed by atoms with Gasteiger partial charge in [-0.05, 0) is 56.8 Å². The number of esters is 1. The zero-order valence-corrected chi connectivity index (χ0v) is 13.8. The van der Waals surface area contributed by atoms with E-state index in [1.54, 1.807) is 12.1 Å².